The molecule has 1 aromatic carbocycles. The van der Waals surface area contributed by atoms with Crippen molar-refractivity contribution < 1.29 is 0 Å². The van der Waals surface area contributed by atoms with Crippen molar-refractivity contribution in [3.05, 3.63) is 40.7 Å². The third kappa shape index (κ3) is 1.68. The van der Waals surface area contributed by atoms with E-state index in [0.717, 1.165) is 11.4 Å². The van der Waals surface area contributed by atoms with Crippen molar-refractivity contribution in [2.45, 2.75) is 20.8 Å². The fourth-order valence-corrected chi connectivity index (χ4v) is 1.75. The molecule has 0 bridgehead atoms. The zero-order valence-electron chi connectivity index (χ0n) is 9.52. The van der Waals surface area contributed by atoms with Crippen LogP contribution in [0.3, 0.4) is 0 Å². The predicted molar refractivity (Wildman–Crippen MR) is 60.3 cm³/mol. The topological polar surface area (TPSA) is 54.5 Å². The molecule has 16 heavy (non-hydrogen) atoms. The Morgan fingerprint density at radius 2 is 1.75 bits per heavy atom. The summed E-state index contributed by atoms with van der Waals surface area (Å²) in [5.41, 5.74) is 4.43. The summed E-state index contributed by atoms with van der Waals surface area (Å²) in [7, 11) is 0. The second-order valence-corrected chi connectivity index (χ2v) is 3.89. The van der Waals surface area contributed by atoms with Gasteiger partial charge in [0.1, 0.15) is 6.07 Å². The summed E-state index contributed by atoms with van der Waals surface area (Å²) in [6.07, 6.45) is 0. The highest BCUT2D eigenvalue weighted by Gasteiger charge is 2.09. The van der Waals surface area contributed by atoms with Crippen LogP contribution in [-0.2, 0) is 0 Å². The molecule has 2 rings (SSSR count). The number of hydrogen-bond acceptors (Lipinski definition) is 3. The molecule has 0 spiro atoms. The van der Waals surface area contributed by atoms with E-state index in [-0.39, 0.29) is 0 Å². The predicted octanol–water partition coefficient (Wildman–Crippen LogP) is 2.06. The van der Waals surface area contributed by atoms with Crippen LogP contribution < -0.4 is 0 Å². The number of aromatic nitrogens is 3. The van der Waals surface area contributed by atoms with E-state index < -0.39 is 0 Å². The molecule has 0 saturated heterocycles. The van der Waals surface area contributed by atoms with Gasteiger partial charge in [0.05, 0.1) is 11.4 Å². The van der Waals surface area contributed by atoms with Crippen molar-refractivity contribution in [1.29, 1.82) is 5.26 Å². The zero-order chi connectivity index (χ0) is 11.7. The smallest absolute Gasteiger partial charge is 0.186 e. The summed E-state index contributed by atoms with van der Waals surface area (Å²) in [5.74, 6) is 0. The number of hydrogen-bond donors (Lipinski definition) is 0. The minimum absolute atomic E-state index is 0.374. The van der Waals surface area contributed by atoms with Gasteiger partial charge in [-0.25, -0.2) is 4.68 Å². The van der Waals surface area contributed by atoms with Gasteiger partial charge in [0.15, 0.2) is 5.69 Å². The Morgan fingerprint density at radius 1 is 1.12 bits per heavy atom. The quantitative estimate of drug-likeness (QED) is 0.727. The molecule has 2 aromatic rings. The lowest BCUT2D eigenvalue weighted by molar-refractivity contribution is 0.783. The van der Waals surface area contributed by atoms with Crippen LogP contribution in [0.1, 0.15) is 22.5 Å². The molecule has 0 aliphatic heterocycles. The Morgan fingerprint density at radius 3 is 2.25 bits per heavy atom. The van der Waals surface area contributed by atoms with Crippen LogP contribution in [0.2, 0.25) is 0 Å². The summed E-state index contributed by atoms with van der Waals surface area (Å²) >= 11 is 0. The maximum Gasteiger partial charge on any atom is 0.186 e. The third-order valence-electron chi connectivity index (χ3n) is 2.45. The molecule has 0 saturated carbocycles. The largest absolute Gasteiger partial charge is 0.216 e. The Balaban J connectivity index is 2.59. The third-order valence-corrected chi connectivity index (χ3v) is 2.45. The van der Waals surface area contributed by atoms with Crippen molar-refractivity contribution in [1.82, 2.24) is 15.0 Å². The number of rotatable bonds is 1. The summed E-state index contributed by atoms with van der Waals surface area (Å²) in [6.45, 7) is 5.91. The van der Waals surface area contributed by atoms with Crippen LogP contribution in [0.5, 0.6) is 0 Å². The molecular formula is C12H12N4. The van der Waals surface area contributed by atoms with Crippen molar-refractivity contribution in [2.24, 2.45) is 0 Å². The molecule has 80 valence electrons. The molecule has 0 aliphatic rings. The van der Waals surface area contributed by atoms with Crippen LogP contribution >= 0.6 is 0 Å². The van der Waals surface area contributed by atoms with Gasteiger partial charge in [-0.15, -0.1) is 5.10 Å². The number of nitrogens with zero attached hydrogens (tertiary/aromatic N) is 4. The van der Waals surface area contributed by atoms with Crippen molar-refractivity contribution in [3.8, 4) is 11.8 Å². The van der Waals surface area contributed by atoms with E-state index >= 15 is 0 Å². The van der Waals surface area contributed by atoms with Gasteiger partial charge in [0.2, 0.25) is 0 Å². The molecule has 4 nitrogen and oxygen atoms in total. The summed E-state index contributed by atoms with van der Waals surface area (Å²) in [6, 6.07) is 8.17. The van der Waals surface area contributed by atoms with Crippen LogP contribution in [0.4, 0.5) is 0 Å². The molecule has 0 radical (unpaired) electrons. The van der Waals surface area contributed by atoms with Gasteiger partial charge in [-0.05, 0) is 44.0 Å². The number of benzene rings is 1. The Hall–Kier alpha value is -2.15. The molecule has 0 unspecified atom stereocenters. The highest BCUT2D eigenvalue weighted by atomic mass is 15.4. The normalized spacial score (nSPS) is 10.1. The average molecular weight is 212 g/mol. The number of nitriles is 1. The first-order chi connectivity index (χ1) is 7.61. The van der Waals surface area contributed by atoms with E-state index in [2.05, 4.69) is 16.4 Å². The fourth-order valence-electron chi connectivity index (χ4n) is 1.75. The highest BCUT2D eigenvalue weighted by Crippen LogP contribution is 2.15. The SMILES string of the molecule is Cc1cc(C)cc(-n2nnc(C#N)c2C)c1. The Bertz CT molecular complexity index is 555. The molecule has 4 heteroatoms. The van der Waals surface area contributed by atoms with Gasteiger partial charge in [0.25, 0.3) is 0 Å². The molecule has 0 aliphatic carbocycles. The molecule has 0 fully saturated rings. The average Bonchev–Trinajstić information content (AvgIpc) is 2.58. The fraction of sp³-hybridized carbons (Fsp3) is 0.250. The lowest BCUT2D eigenvalue weighted by Crippen LogP contribution is -2.00. The van der Waals surface area contributed by atoms with E-state index in [0.29, 0.717) is 5.69 Å². The van der Waals surface area contributed by atoms with E-state index in [1.807, 2.05) is 39.0 Å². The van der Waals surface area contributed by atoms with Gasteiger partial charge in [-0.3, -0.25) is 0 Å². The first kappa shape index (κ1) is 10.4. The van der Waals surface area contributed by atoms with E-state index in [9.17, 15) is 0 Å². The minimum Gasteiger partial charge on any atom is -0.216 e. The highest BCUT2D eigenvalue weighted by molar-refractivity contribution is 5.41. The Kier molecular flexibility index (Phi) is 2.45. The second-order valence-electron chi connectivity index (χ2n) is 3.89. The second kappa shape index (κ2) is 3.78. The van der Waals surface area contributed by atoms with Gasteiger partial charge in [-0.2, -0.15) is 5.26 Å². The first-order valence-corrected chi connectivity index (χ1v) is 5.03. The maximum atomic E-state index is 8.82. The van der Waals surface area contributed by atoms with Crippen molar-refractivity contribution in [2.75, 3.05) is 0 Å². The summed E-state index contributed by atoms with van der Waals surface area (Å²) in [5, 5.41) is 16.6. The van der Waals surface area contributed by atoms with Crippen LogP contribution in [0.15, 0.2) is 18.2 Å². The summed E-state index contributed by atoms with van der Waals surface area (Å²) < 4.78 is 1.69. The van der Waals surface area contributed by atoms with Crippen LogP contribution in [0, 0.1) is 32.1 Å². The molecular weight excluding hydrogens is 200 g/mol. The summed E-state index contributed by atoms with van der Waals surface area (Å²) in [4.78, 5) is 0. The van der Waals surface area contributed by atoms with E-state index in [1.54, 1.807) is 4.68 Å². The van der Waals surface area contributed by atoms with E-state index in [1.165, 1.54) is 11.1 Å². The van der Waals surface area contributed by atoms with Crippen LogP contribution in [-0.4, -0.2) is 15.0 Å². The van der Waals surface area contributed by atoms with Gasteiger partial charge in [-0.1, -0.05) is 11.3 Å². The van der Waals surface area contributed by atoms with Crippen molar-refractivity contribution >= 4 is 0 Å². The Labute approximate surface area is 94.1 Å². The molecule has 0 N–H and O–H groups in total. The van der Waals surface area contributed by atoms with E-state index in [4.69, 9.17) is 5.26 Å². The lowest BCUT2D eigenvalue weighted by atomic mass is 10.1. The number of aryl methyl sites for hydroxylation is 2. The van der Waals surface area contributed by atoms with Gasteiger partial charge >= 0.3 is 0 Å². The first-order valence-electron chi connectivity index (χ1n) is 5.03. The zero-order valence-corrected chi connectivity index (χ0v) is 9.52. The van der Waals surface area contributed by atoms with Gasteiger partial charge in [0, 0.05) is 0 Å². The lowest BCUT2D eigenvalue weighted by Gasteiger charge is -2.05. The minimum atomic E-state index is 0.374. The maximum absolute atomic E-state index is 8.82. The monoisotopic (exact) mass is 212 g/mol. The van der Waals surface area contributed by atoms with Gasteiger partial charge < -0.3 is 0 Å². The van der Waals surface area contributed by atoms with Crippen molar-refractivity contribution in [3.63, 3.8) is 0 Å². The molecule has 0 amide bonds. The standard InChI is InChI=1S/C12H12N4/c1-8-4-9(2)6-11(5-8)16-10(3)12(7-13)14-15-16/h4-6H,1-3H3. The van der Waals surface area contributed by atoms with Crippen LogP contribution in [0.25, 0.3) is 5.69 Å². The molecule has 1 aromatic heterocycles. The molecule has 1 heterocycles. The molecule has 0 atom stereocenters.